The van der Waals surface area contributed by atoms with Gasteiger partial charge in [0.25, 0.3) is 0 Å². The molecule has 2 aromatic rings. The number of hydrazone groups is 1. The van der Waals surface area contributed by atoms with Gasteiger partial charge in [-0.05, 0) is 49.7 Å². The highest BCUT2D eigenvalue weighted by Gasteiger charge is 2.14. The maximum absolute atomic E-state index is 11.9. The van der Waals surface area contributed by atoms with Gasteiger partial charge in [0.15, 0.2) is 0 Å². The third-order valence-corrected chi connectivity index (χ3v) is 3.72. The molecule has 0 unspecified atom stereocenters. The van der Waals surface area contributed by atoms with Gasteiger partial charge in [0, 0.05) is 15.7 Å². The van der Waals surface area contributed by atoms with Crippen molar-refractivity contribution in [2.45, 2.75) is 13.8 Å². The molecular formula is C18H18BrN3O3. The molecule has 0 radical (unpaired) electrons. The molecule has 0 heterocycles. The van der Waals surface area contributed by atoms with Gasteiger partial charge in [0.05, 0.1) is 12.8 Å². The second kappa shape index (κ2) is 8.98. The zero-order valence-corrected chi connectivity index (χ0v) is 15.5. The van der Waals surface area contributed by atoms with Crippen molar-refractivity contribution in [3.63, 3.8) is 0 Å². The first-order chi connectivity index (χ1) is 12.0. The molecule has 6 nitrogen and oxygen atoms in total. The van der Waals surface area contributed by atoms with Crippen molar-refractivity contribution >= 4 is 39.6 Å². The van der Waals surface area contributed by atoms with Gasteiger partial charge in [0.2, 0.25) is 0 Å². The first-order valence-corrected chi connectivity index (χ1v) is 8.43. The van der Waals surface area contributed by atoms with Crippen LogP contribution in [0.5, 0.6) is 5.75 Å². The number of nitrogens with one attached hydrogen (secondary N) is 2. The molecule has 25 heavy (non-hydrogen) atoms. The minimum absolute atomic E-state index is 0.520. The number of benzene rings is 2. The minimum atomic E-state index is -0.854. The van der Waals surface area contributed by atoms with Crippen LogP contribution in [0.15, 0.2) is 52.0 Å². The van der Waals surface area contributed by atoms with E-state index in [1.165, 1.54) is 6.21 Å². The largest absolute Gasteiger partial charge is 0.493 e. The molecule has 2 rings (SSSR count). The van der Waals surface area contributed by atoms with Crippen molar-refractivity contribution in [2.75, 3.05) is 11.9 Å². The fraction of sp³-hybridized carbons (Fsp3) is 0.167. The zero-order chi connectivity index (χ0) is 18.2. The molecular weight excluding hydrogens is 386 g/mol. The van der Waals surface area contributed by atoms with Crippen molar-refractivity contribution in [3.8, 4) is 5.75 Å². The van der Waals surface area contributed by atoms with E-state index >= 15 is 0 Å². The Morgan fingerprint density at radius 1 is 1.20 bits per heavy atom. The van der Waals surface area contributed by atoms with E-state index in [0.717, 1.165) is 10.0 Å². The summed E-state index contributed by atoms with van der Waals surface area (Å²) in [6, 6.07) is 12.6. The topological polar surface area (TPSA) is 79.8 Å². The lowest BCUT2D eigenvalue weighted by Crippen LogP contribution is -2.32. The lowest BCUT2D eigenvalue weighted by molar-refractivity contribution is -0.136. The van der Waals surface area contributed by atoms with Crippen LogP contribution in [0.3, 0.4) is 0 Å². The van der Waals surface area contributed by atoms with E-state index in [4.69, 9.17) is 4.74 Å². The molecule has 0 saturated carbocycles. The van der Waals surface area contributed by atoms with Crippen LogP contribution >= 0.6 is 15.9 Å². The summed E-state index contributed by atoms with van der Waals surface area (Å²) in [5.41, 5.74) is 4.31. The number of halogens is 1. The standard InChI is InChI=1S/C18H18BrN3O3/c1-3-25-16-7-5-4-6-13(16)11-20-22-18(24)17(23)21-15-9-8-14(19)10-12(15)2/h4-11H,3H2,1-2H3,(H,21,23)(H,22,24). The summed E-state index contributed by atoms with van der Waals surface area (Å²) in [5.74, 6) is -0.994. The van der Waals surface area contributed by atoms with Crippen molar-refractivity contribution < 1.29 is 14.3 Å². The lowest BCUT2D eigenvalue weighted by atomic mass is 10.2. The van der Waals surface area contributed by atoms with Crippen LogP contribution in [0.25, 0.3) is 0 Å². The van der Waals surface area contributed by atoms with Crippen molar-refractivity contribution in [1.29, 1.82) is 0 Å². The van der Waals surface area contributed by atoms with E-state index < -0.39 is 11.8 Å². The number of rotatable bonds is 5. The summed E-state index contributed by atoms with van der Waals surface area (Å²) >= 11 is 3.34. The van der Waals surface area contributed by atoms with E-state index in [0.29, 0.717) is 23.6 Å². The van der Waals surface area contributed by atoms with Crippen LogP contribution in [-0.2, 0) is 9.59 Å². The molecule has 0 atom stereocenters. The van der Waals surface area contributed by atoms with E-state index in [1.54, 1.807) is 24.3 Å². The van der Waals surface area contributed by atoms with Gasteiger partial charge in [-0.15, -0.1) is 0 Å². The first kappa shape index (κ1) is 18.7. The van der Waals surface area contributed by atoms with Crippen LogP contribution in [0.2, 0.25) is 0 Å². The summed E-state index contributed by atoms with van der Waals surface area (Å²) in [5, 5.41) is 6.36. The second-order valence-electron chi connectivity index (χ2n) is 5.08. The number of anilines is 1. The molecule has 0 spiro atoms. The first-order valence-electron chi connectivity index (χ1n) is 7.63. The highest BCUT2D eigenvalue weighted by Crippen LogP contribution is 2.20. The number of carbonyl (C=O) groups is 2. The Kier molecular flexibility index (Phi) is 6.71. The Labute approximate surface area is 154 Å². The minimum Gasteiger partial charge on any atom is -0.493 e. The molecule has 0 aliphatic carbocycles. The Balaban J connectivity index is 1.96. The molecule has 2 amide bonds. The van der Waals surface area contributed by atoms with Crippen LogP contribution < -0.4 is 15.5 Å². The summed E-state index contributed by atoms with van der Waals surface area (Å²) in [6.45, 7) is 4.23. The normalized spacial score (nSPS) is 10.5. The van der Waals surface area contributed by atoms with E-state index in [9.17, 15) is 9.59 Å². The predicted octanol–water partition coefficient (Wildman–Crippen LogP) is 3.25. The molecule has 2 N–H and O–H groups in total. The smallest absolute Gasteiger partial charge is 0.329 e. The Morgan fingerprint density at radius 2 is 1.96 bits per heavy atom. The van der Waals surface area contributed by atoms with Gasteiger partial charge in [0.1, 0.15) is 5.75 Å². The summed E-state index contributed by atoms with van der Waals surface area (Å²) in [7, 11) is 0. The Morgan fingerprint density at radius 3 is 2.68 bits per heavy atom. The van der Waals surface area contributed by atoms with Crippen LogP contribution in [0.4, 0.5) is 5.69 Å². The third kappa shape index (κ3) is 5.42. The van der Waals surface area contributed by atoms with Crippen molar-refractivity contribution in [3.05, 3.63) is 58.1 Å². The number of hydrogen-bond donors (Lipinski definition) is 2. The summed E-state index contributed by atoms with van der Waals surface area (Å²) in [6.07, 6.45) is 1.43. The average molecular weight is 404 g/mol. The third-order valence-electron chi connectivity index (χ3n) is 3.23. The molecule has 2 aromatic carbocycles. The monoisotopic (exact) mass is 403 g/mol. The predicted molar refractivity (Wildman–Crippen MR) is 101 cm³/mol. The fourth-order valence-electron chi connectivity index (χ4n) is 2.03. The molecule has 0 bridgehead atoms. The Bertz CT molecular complexity index is 806. The number of amides is 2. The van der Waals surface area contributed by atoms with Crippen molar-refractivity contribution in [2.24, 2.45) is 5.10 Å². The van der Waals surface area contributed by atoms with Gasteiger partial charge in [-0.3, -0.25) is 9.59 Å². The molecule has 0 aliphatic heterocycles. The second-order valence-corrected chi connectivity index (χ2v) is 6.00. The quantitative estimate of drug-likeness (QED) is 0.456. The zero-order valence-electron chi connectivity index (χ0n) is 13.9. The molecule has 0 saturated heterocycles. The SMILES string of the molecule is CCOc1ccccc1C=NNC(=O)C(=O)Nc1ccc(Br)cc1C. The Hall–Kier alpha value is -2.67. The number of para-hydroxylation sites is 1. The number of nitrogens with zero attached hydrogens (tertiary/aromatic N) is 1. The van der Waals surface area contributed by atoms with Gasteiger partial charge in [-0.1, -0.05) is 28.1 Å². The van der Waals surface area contributed by atoms with Crippen LogP contribution in [0.1, 0.15) is 18.1 Å². The number of hydrogen-bond acceptors (Lipinski definition) is 4. The molecule has 0 aromatic heterocycles. The van der Waals surface area contributed by atoms with Gasteiger partial charge in [-0.25, -0.2) is 5.43 Å². The maximum Gasteiger partial charge on any atom is 0.329 e. The number of ether oxygens (including phenoxy) is 1. The van der Waals surface area contributed by atoms with Gasteiger partial charge < -0.3 is 10.1 Å². The highest BCUT2D eigenvalue weighted by atomic mass is 79.9. The van der Waals surface area contributed by atoms with Gasteiger partial charge >= 0.3 is 11.8 Å². The maximum atomic E-state index is 11.9. The number of aryl methyl sites for hydroxylation is 1. The van der Waals surface area contributed by atoms with Crippen LogP contribution in [-0.4, -0.2) is 24.6 Å². The van der Waals surface area contributed by atoms with Gasteiger partial charge in [-0.2, -0.15) is 5.10 Å². The van der Waals surface area contributed by atoms with E-state index in [2.05, 4.69) is 31.8 Å². The number of carbonyl (C=O) groups excluding carboxylic acids is 2. The van der Waals surface area contributed by atoms with Crippen LogP contribution in [0, 0.1) is 6.92 Å². The van der Waals surface area contributed by atoms with E-state index in [-0.39, 0.29) is 0 Å². The highest BCUT2D eigenvalue weighted by molar-refractivity contribution is 9.10. The molecule has 0 fully saturated rings. The molecule has 7 heteroatoms. The fourth-order valence-corrected chi connectivity index (χ4v) is 2.51. The lowest BCUT2D eigenvalue weighted by Gasteiger charge is -2.08. The van der Waals surface area contributed by atoms with E-state index in [1.807, 2.05) is 32.0 Å². The molecule has 0 aliphatic rings. The average Bonchev–Trinajstić information content (AvgIpc) is 2.59. The van der Waals surface area contributed by atoms with Crippen molar-refractivity contribution in [1.82, 2.24) is 5.43 Å². The summed E-state index contributed by atoms with van der Waals surface area (Å²) < 4.78 is 6.35. The molecule has 130 valence electrons. The summed E-state index contributed by atoms with van der Waals surface area (Å²) in [4.78, 5) is 23.8.